The van der Waals surface area contributed by atoms with E-state index >= 15 is 0 Å². The van der Waals surface area contributed by atoms with Gasteiger partial charge in [0.15, 0.2) is 6.29 Å². The van der Waals surface area contributed by atoms with Crippen LogP contribution in [0.4, 0.5) is 0 Å². The summed E-state index contributed by atoms with van der Waals surface area (Å²) in [6.07, 6.45) is 4.59. The molecule has 1 amide bonds. The summed E-state index contributed by atoms with van der Waals surface area (Å²) >= 11 is 0. The van der Waals surface area contributed by atoms with E-state index in [1.54, 1.807) is 0 Å². The first-order valence-electron chi connectivity index (χ1n) is 8.29. The molecular weight excluding hydrogens is 314 g/mol. The van der Waals surface area contributed by atoms with Crippen LogP contribution in [0.5, 0.6) is 0 Å². The van der Waals surface area contributed by atoms with E-state index in [4.69, 9.17) is 0 Å². The first kappa shape index (κ1) is 15.4. The van der Waals surface area contributed by atoms with Crippen molar-refractivity contribution in [3.8, 4) is 0 Å². The average Bonchev–Trinajstić information content (AvgIpc) is 3.25. The average molecular weight is 333 g/mol. The summed E-state index contributed by atoms with van der Waals surface area (Å²) in [6.45, 7) is 1.13. The van der Waals surface area contributed by atoms with E-state index in [-0.39, 0.29) is 11.9 Å². The molecule has 5 heteroatoms. The molecule has 0 saturated heterocycles. The molecule has 1 aromatic carbocycles. The standard InChI is InChI=1S/C20H19N3O2/c1-21-9-5-8-18(21)20(25)23-12-17-10-15(14-24)11-22(17)13-19(23)16-6-3-2-4-7-16/h2-11,14,19H,12-13H2,1H3. The second-order valence-electron chi connectivity index (χ2n) is 6.40. The Balaban J connectivity index is 1.77. The van der Waals surface area contributed by atoms with Crippen LogP contribution in [0.3, 0.4) is 0 Å². The van der Waals surface area contributed by atoms with E-state index in [0.29, 0.717) is 24.3 Å². The molecule has 126 valence electrons. The van der Waals surface area contributed by atoms with Gasteiger partial charge < -0.3 is 14.0 Å². The highest BCUT2D eigenvalue weighted by atomic mass is 16.2. The molecule has 4 rings (SSSR count). The van der Waals surface area contributed by atoms with Crippen LogP contribution < -0.4 is 0 Å². The zero-order valence-corrected chi connectivity index (χ0v) is 14.0. The fourth-order valence-electron chi connectivity index (χ4n) is 3.52. The first-order chi connectivity index (χ1) is 12.2. The molecule has 0 saturated carbocycles. The van der Waals surface area contributed by atoms with E-state index in [1.807, 2.05) is 77.4 Å². The van der Waals surface area contributed by atoms with Gasteiger partial charge in [0.25, 0.3) is 5.91 Å². The number of benzene rings is 1. The molecule has 1 unspecified atom stereocenters. The van der Waals surface area contributed by atoms with Crippen LogP contribution in [0.25, 0.3) is 0 Å². The predicted molar refractivity (Wildman–Crippen MR) is 94.3 cm³/mol. The van der Waals surface area contributed by atoms with Gasteiger partial charge in [-0.15, -0.1) is 0 Å². The Morgan fingerprint density at radius 2 is 1.96 bits per heavy atom. The van der Waals surface area contributed by atoms with E-state index < -0.39 is 0 Å². The van der Waals surface area contributed by atoms with Crippen molar-refractivity contribution in [1.29, 1.82) is 0 Å². The number of hydrogen-bond acceptors (Lipinski definition) is 2. The number of rotatable bonds is 3. The highest BCUT2D eigenvalue weighted by Gasteiger charge is 2.32. The van der Waals surface area contributed by atoms with Crippen LogP contribution >= 0.6 is 0 Å². The third-order valence-corrected chi connectivity index (χ3v) is 4.83. The maximum Gasteiger partial charge on any atom is 0.271 e. The highest BCUT2D eigenvalue weighted by Crippen LogP contribution is 2.31. The number of amides is 1. The monoisotopic (exact) mass is 333 g/mol. The lowest BCUT2D eigenvalue weighted by atomic mass is 10.0. The van der Waals surface area contributed by atoms with Crippen molar-refractivity contribution < 1.29 is 9.59 Å². The van der Waals surface area contributed by atoms with Crippen molar-refractivity contribution in [3.05, 3.63) is 83.4 Å². The number of fused-ring (bicyclic) bond motifs is 1. The molecule has 0 fully saturated rings. The number of aromatic nitrogens is 2. The number of nitrogens with zero attached hydrogens (tertiary/aromatic N) is 3. The maximum absolute atomic E-state index is 13.2. The molecule has 1 aliphatic heterocycles. The summed E-state index contributed by atoms with van der Waals surface area (Å²) in [5.74, 6) is 0.00135. The topological polar surface area (TPSA) is 47.2 Å². The van der Waals surface area contributed by atoms with Gasteiger partial charge in [0.1, 0.15) is 5.69 Å². The second kappa shape index (κ2) is 6.09. The molecule has 1 aliphatic rings. The fourth-order valence-corrected chi connectivity index (χ4v) is 3.52. The summed E-state index contributed by atoms with van der Waals surface area (Å²) in [5, 5.41) is 0. The van der Waals surface area contributed by atoms with Crippen molar-refractivity contribution in [1.82, 2.24) is 14.0 Å². The van der Waals surface area contributed by atoms with Crippen molar-refractivity contribution in [2.45, 2.75) is 19.1 Å². The summed E-state index contributed by atoms with van der Waals surface area (Å²) in [7, 11) is 1.88. The van der Waals surface area contributed by atoms with E-state index in [2.05, 4.69) is 4.57 Å². The van der Waals surface area contributed by atoms with Crippen LogP contribution in [0.1, 0.15) is 38.1 Å². The Kier molecular flexibility index (Phi) is 3.76. The lowest BCUT2D eigenvalue weighted by Gasteiger charge is -2.37. The van der Waals surface area contributed by atoms with Crippen LogP contribution in [0.15, 0.2) is 60.9 Å². The molecule has 3 heterocycles. The van der Waals surface area contributed by atoms with Gasteiger partial charge in [0.05, 0.1) is 12.6 Å². The minimum absolute atomic E-state index is 0.00135. The Morgan fingerprint density at radius 1 is 1.16 bits per heavy atom. The third kappa shape index (κ3) is 2.67. The molecule has 5 nitrogen and oxygen atoms in total. The maximum atomic E-state index is 13.2. The van der Waals surface area contributed by atoms with Crippen LogP contribution in [0, 0.1) is 0 Å². The smallest absolute Gasteiger partial charge is 0.271 e. The van der Waals surface area contributed by atoms with Gasteiger partial charge in [-0.25, -0.2) is 0 Å². The van der Waals surface area contributed by atoms with Crippen LogP contribution in [0.2, 0.25) is 0 Å². The number of aldehydes is 1. The Bertz CT molecular complexity index is 924. The second-order valence-corrected chi connectivity index (χ2v) is 6.40. The molecule has 0 N–H and O–H groups in total. The highest BCUT2D eigenvalue weighted by molar-refractivity contribution is 5.93. The van der Waals surface area contributed by atoms with Crippen molar-refractivity contribution in [2.75, 3.05) is 0 Å². The molecule has 25 heavy (non-hydrogen) atoms. The van der Waals surface area contributed by atoms with Crippen molar-refractivity contribution in [2.24, 2.45) is 7.05 Å². The zero-order chi connectivity index (χ0) is 17.4. The zero-order valence-electron chi connectivity index (χ0n) is 14.0. The predicted octanol–water partition coefficient (Wildman–Crippen LogP) is 3.04. The fraction of sp³-hybridized carbons (Fsp3) is 0.200. The Hall–Kier alpha value is -3.08. The molecule has 2 aromatic heterocycles. The molecule has 0 aliphatic carbocycles. The lowest BCUT2D eigenvalue weighted by molar-refractivity contribution is 0.0580. The number of carbonyl (C=O) groups is 2. The van der Waals surface area contributed by atoms with Gasteiger partial charge >= 0.3 is 0 Å². The van der Waals surface area contributed by atoms with Crippen molar-refractivity contribution in [3.63, 3.8) is 0 Å². The van der Waals surface area contributed by atoms with Gasteiger partial charge in [0.2, 0.25) is 0 Å². The number of carbonyl (C=O) groups excluding carboxylic acids is 2. The molecule has 1 atom stereocenters. The first-order valence-corrected chi connectivity index (χ1v) is 8.29. The van der Waals surface area contributed by atoms with Gasteiger partial charge in [-0.3, -0.25) is 9.59 Å². The largest absolute Gasteiger partial charge is 0.347 e. The molecule has 0 radical (unpaired) electrons. The van der Waals surface area contributed by atoms with Crippen molar-refractivity contribution >= 4 is 12.2 Å². The summed E-state index contributed by atoms with van der Waals surface area (Å²) in [5.41, 5.74) is 3.39. The molecular formula is C20H19N3O2. The SMILES string of the molecule is Cn1cccc1C(=O)N1Cc2cc(C=O)cn2CC1c1ccccc1. The molecule has 0 bridgehead atoms. The summed E-state index contributed by atoms with van der Waals surface area (Å²) in [4.78, 5) is 26.2. The molecule has 3 aromatic rings. The van der Waals surface area contributed by atoms with Crippen LogP contribution in [-0.4, -0.2) is 26.2 Å². The number of aryl methyl sites for hydroxylation is 1. The van der Waals surface area contributed by atoms with E-state index in [1.165, 1.54) is 0 Å². The van der Waals surface area contributed by atoms with Gasteiger partial charge in [-0.2, -0.15) is 0 Å². The van der Waals surface area contributed by atoms with Gasteiger partial charge in [-0.05, 0) is 23.8 Å². The van der Waals surface area contributed by atoms with Gasteiger partial charge in [0, 0.05) is 37.2 Å². The molecule has 0 spiro atoms. The third-order valence-electron chi connectivity index (χ3n) is 4.83. The van der Waals surface area contributed by atoms with E-state index in [0.717, 1.165) is 17.5 Å². The quantitative estimate of drug-likeness (QED) is 0.692. The minimum Gasteiger partial charge on any atom is -0.347 e. The van der Waals surface area contributed by atoms with E-state index in [9.17, 15) is 9.59 Å². The summed E-state index contributed by atoms with van der Waals surface area (Å²) in [6, 6.07) is 15.6. The lowest BCUT2D eigenvalue weighted by Crippen LogP contribution is -2.41. The Labute approximate surface area is 146 Å². The normalized spacial score (nSPS) is 16.5. The van der Waals surface area contributed by atoms with Gasteiger partial charge in [-0.1, -0.05) is 30.3 Å². The Morgan fingerprint density at radius 3 is 2.64 bits per heavy atom. The minimum atomic E-state index is -0.0667. The number of hydrogen-bond donors (Lipinski definition) is 0. The summed E-state index contributed by atoms with van der Waals surface area (Å²) < 4.78 is 3.92. The van der Waals surface area contributed by atoms with Crippen LogP contribution in [-0.2, 0) is 20.1 Å².